The number of hydrogen-bond acceptors (Lipinski definition) is 5. The van der Waals surface area contributed by atoms with Gasteiger partial charge in [0.15, 0.2) is 17.3 Å². The molecule has 25 heavy (non-hydrogen) atoms. The van der Waals surface area contributed by atoms with Crippen LogP contribution in [0.1, 0.15) is 37.7 Å². The lowest BCUT2D eigenvalue weighted by atomic mass is 9.75. The molecule has 1 aliphatic carbocycles. The van der Waals surface area contributed by atoms with E-state index in [1.54, 1.807) is 12.1 Å². The lowest BCUT2D eigenvalue weighted by Gasteiger charge is -2.33. The van der Waals surface area contributed by atoms with E-state index < -0.39 is 5.92 Å². The van der Waals surface area contributed by atoms with E-state index in [9.17, 15) is 10.1 Å². The number of hydrogen-bond donors (Lipinski definition) is 1. The van der Waals surface area contributed by atoms with Gasteiger partial charge in [0.05, 0.1) is 36.8 Å². The molecule has 0 radical (unpaired) electrons. The van der Waals surface area contributed by atoms with Crippen LogP contribution in [0.5, 0.6) is 11.5 Å². The van der Waals surface area contributed by atoms with Crippen LogP contribution >= 0.6 is 11.6 Å². The molecule has 1 aromatic rings. The summed E-state index contributed by atoms with van der Waals surface area (Å²) in [6, 6.07) is 5.79. The van der Waals surface area contributed by atoms with Crippen LogP contribution in [0, 0.1) is 11.3 Å². The number of nitriles is 1. The fourth-order valence-electron chi connectivity index (χ4n) is 3.57. The van der Waals surface area contributed by atoms with Crippen LogP contribution in [-0.2, 0) is 4.79 Å². The Hall–Kier alpha value is -2.45. The molecule has 1 heterocycles. The maximum atomic E-state index is 12.6. The van der Waals surface area contributed by atoms with E-state index >= 15 is 0 Å². The Kier molecular flexibility index (Phi) is 4.73. The first-order valence-corrected chi connectivity index (χ1v) is 8.45. The smallest absolute Gasteiger partial charge is 0.179 e. The number of Topliss-reactive ketones (excluding diaryl/α,β-unsaturated/α-hetero) is 1. The summed E-state index contributed by atoms with van der Waals surface area (Å²) < 4.78 is 10.7. The number of nitrogens with one attached hydrogen (secondary N) is 1. The predicted octanol–water partition coefficient (Wildman–Crippen LogP) is 3.85. The lowest BCUT2D eigenvalue weighted by molar-refractivity contribution is -0.116. The molecule has 1 unspecified atom stereocenters. The summed E-state index contributed by atoms with van der Waals surface area (Å²) in [5, 5.41) is 13.3. The van der Waals surface area contributed by atoms with Crippen molar-refractivity contribution in [2.75, 3.05) is 14.2 Å². The van der Waals surface area contributed by atoms with Gasteiger partial charge in [0.25, 0.3) is 0 Å². The molecular formula is C19H19ClN2O3. The first-order chi connectivity index (χ1) is 12.0. The van der Waals surface area contributed by atoms with Crippen LogP contribution in [0.25, 0.3) is 0 Å². The van der Waals surface area contributed by atoms with Gasteiger partial charge >= 0.3 is 0 Å². The molecular weight excluding hydrogens is 340 g/mol. The highest BCUT2D eigenvalue weighted by atomic mass is 35.5. The van der Waals surface area contributed by atoms with Crippen LogP contribution in [0.15, 0.2) is 34.7 Å². The van der Waals surface area contributed by atoms with E-state index in [2.05, 4.69) is 11.4 Å². The van der Waals surface area contributed by atoms with E-state index in [1.807, 2.05) is 6.92 Å². The number of allylic oxidation sites excluding steroid dienone is 4. The predicted molar refractivity (Wildman–Crippen MR) is 94.6 cm³/mol. The monoisotopic (exact) mass is 358 g/mol. The van der Waals surface area contributed by atoms with Gasteiger partial charge in [0.1, 0.15) is 0 Å². The second-order valence-corrected chi connectivity index (χ2v) is 6.52. The molecule has 3 rings (SSSR count). The number of halogens is 1. The molecule has 0 bridgehead atoms. The van der Waals surface area contributed by atoms with Crippen molar-refractivity contribution in [2.24, 2.45) is 0 Å². The SMILES string of the molecule is COc1cc(C2C(C#N)=C(C)NC3=C2C(=O)CCC3)cc(Cl)c1OC. The van der Waals surface area contributed by atoms with Gasteiger partial charge in [-0.05, 0) is 37.5 Å². The summed E-state index contributed by atoms with van der Waals surface area (Å²) in [6.07, 6.45) is 2.11. The summed E-state index contributed by atoms with van der Waals surface area (Å²) in [7, 11) is 3.05. The third kappa shape index (κ3) is 2.87. The largest absolute Gasteiger partial charge is 0.493 e. The van der Waals surface area contributed by atoms with Crippen molar-refractivity contribution in [2.45, 2.75) is 32.1 Å². The van der Waals surface area contributed by atoms with E-state index in [0.29, 0.717) is 34.1 Å². The quantitative estimate of drug-likeness (QED) is 0.888. The highest BCUT2D eigenvalue weighted by Crippen LogP contribution is 2.45. The highest BCUT2D eigenvalue weighted by molar-refractivity contribution is 6.32. The third-order valence-electron chi connectivity index (χ3n) is 4.69. The standard InChI is InChI=1S/C19H19ClN2O3/c1-10-12(9-21)17(18-14(22-10)5-4-6-15(18)23)11-7-13(20)19(25-3)16(8-11)24-2/h7-8,17,22H,4-6H2,1-3H3. The van der Waals surface area contributed by atoms with Crippen molar-refractivity contribution in [1.29, 1.82) is 5.26 Å². The molecule has 130 valence electrons. The molecule has 0 saturated heterocycles. The average Bonchev–Trinajstić information content (AvgIpc) is 2.60. The van der Waals surface area contributed by atoms with Crippen molar-refractivity contribution in [3.05, 3.63) is 45.3 Å². The van der Waals surface area contributed by atoms with Gasteiger partial charge in [-0.25, -0.2) is 0 Å². The number of nitrogens with zero attached hydrogens (tertiary/aromatic N) is 1. The number of ether oxygens (including phenoxy) is 2. The Morgan fingerprint density at radius 1 is 1.28 bits per heavy atom. The molecule has 0 fully saturated rings. The summed E-state index contributed by atoms with van der Waals surface area (Å²) in [5.41, 5.74) is 3.62. The van der Waals surface area contributed by atoms with Gasteiger partial charge in [-0.1, -0.05) is 11.6 Å². The Morgan fingerprint density at radius 2 is 2.04 bits per heavy atom. The summed E-state index contributed by atoms with van der Waals surface area (Å²) in [5.74, 6) is 0.547. The summed E-state index contributed by atoms with van der Waals surface area (Å²) in [6.45, 7) is 1.86. The van der Waals surface area contributed by atoms with Crippen LogP contribution in [0.4, 0.5) is 0 Å². The number of carbonyl (C=O) groups excluding carboxylic acids is 1. The van der Waals surface area contributed by atoms with Gasteiger partial charge < -0.3 is 14.8 Å². The summed E-state index contributed by atoms with van der Waals surface area (Å²) >= 11 is 6.35. The number of dihydropyridines is 1. The fourth-order valence-corrected chi connectivity index (χ4v) is 3.87. The average molecular weight is 359 g/mol. The third-order valence-corrected chi connectivity index (χ3v) is 4.97. The number of methoxy groups -OCH3 is 2. The number of benzene rings is 1. The van der Waals surface area contributed by atoms with Crippen molar-refractivity contribution in [3.8, 4) is 17.6 Å². The van der Waals surface area contributed by atoms with Gasteiger partial charge in [0.2, 0.25) is 0 Å². The van der Waals surface area contributed by atoms with Crippen molar-refractivity contribution < 1.29 is 14.3 Å². The number of carbonyl (C=O) groups is 1. The minimum absolute atomic E-state index is 0.0740. The van der Waals surface area contributed by atoms with Crippen LogP contribution in [0.3, 0.4) is 0 Å². The first kappa shape index (κ1) is 17.4. The first-order valence-electron chi connectivity index (χ1n) is 8.07. The molecule has 2 aliphatic rings. The molecule has 0 spiro atoms. The van der Waals surface area contributed by atoms with Crippen LogP contribution in [0.2, 0.25) is 5.02 Å². The fraction of sp³-hybridized carbons (Fsp3) is 0.368. The van der Waals surface area contributed by atoms with Crippen molar-refractivity contribution in [3.63, 3.8) is 0 Å². The minimum atomic E-state index is -0.439. The van der Waals surface area contributed by atoms with E-state index in [0.717, 1.165) is 29.8 Å². The van der Waals surface area contributed by atoms with Crippen LogP contribution in [-0.4, -0.2) is 20.0 Å². The van der Waals surface area contributed by atoms with Crippen molar-refractivity contribution in [1.82, 2.24) is 5.32 Å². The molecule has 1 aromatic carbocycles. The Morgan fingerprint density at radius 3 is 2.68 bits per heavy atom. The zero-order valence-electron chi connectivity index (χ0n) is 14.4. The van der Waals surface area contributed by atoms with E-state index in [1.165, 1.54) is 14.2 Å². The Bertz CT molecular complexity index is 849. The Balaban J connectivity index is 2.23. The molecule has 5 nitrogen and oxygen atoms in total. The van der Waals surface area contributed by atoms with Crippen LogP contribution < -0.4 is 14.8 Å². The molecule has 0 aromatic heterocycles. The zero-order valence-corrected chi connectivity index (χ0v) is 15.2. The normalized spacial score (nSPS) is 20.0. The highest BCUT2D eigenvalue weighted by Gasteiger charge is 2.36. The number of ketones is 1. The molecule has 1 atom stereocenters. The summed E-state index contributed by atoms with van der Waals surface area (Å²) in [4.78, 5) is 12.6. The van der Waals surface area contributed by atoms with Gasteiger partial charge in [-0.2, -0.15) is 5.26 Å². The zero-order chi connectivity index (χ0) is 18.1. The van der Waals surface area contributed by atoms with Crippen molar-refractivity contribution >= 4 is 17.4 Å². The lowest BCUT2D eigenvalue weighted by Crippen LogP contribution is -2.31. The molecule has 1 aliphatic heterocycles. The molecule has 1 N–H and O–H groups in total. The Labute approximate surface area is 151 Å². The second-order valence-electron chi connectivity index (χ2n) is 6.12. The topological polar surface area (TPSA) is 71.3 Å². The molecule has 0 saturated carbocycles. The maximum Gasteiger partial charge on any atom is 0.179 e. The molecule has 0 amide bonds. The molecule has 6 heteroatoms. The van der Waals surface area contributed by atoms with E-state index in [4.69, 9.17) is 21.1 Å². The van der Waals surface area contributed by atoms with Gasteiger partial charge in [-0.3, -0.25) is 4.79 Å². The maximum absolute atomic E-state index is 12.6. The van der Waals surface area contributed by atoms with Gasteiger partial charge in [0, 0.05) is 23.4 Å². The minimum Gasteiger partial charge on any atom is -0.493 e. The second kappa shape index (κ2) is 6.81. The van der Waals surface area contributed by atoms with E-state index in [-0.39, 0.29) is 5.78 Å². The van der Waals surface area contributed by atoms with Gasteiger partial charge in [-0.15, -0.1) is 0 Å². The number of rotatable bonds is 3.